The zero-order valence-corrected chi connectivity index (χ0v) is 20.6. The van der Waals surface area contributed by atoms with Crippen LogP contribution in [0.5, 0.6) is 0 Å². The van der Waals surface area contributed by atoms with Gasteiger partial charge in [0.15, 0.2) is 11.5 Å². The minimum atomic E-state index is -0.629. The highest BCUT2D eigenvalue weighted by Crippen LogP contribution is 2.37. The Kier molecular flexibility index (Phi) is 5.59. The maximum Gasteiger partial charge on any atom is 0.320 e. The summed E-state index contributed by atoms with van der Waals surface area (Å²) >= 11 is 0. The van der Waals surface area contributed by atoms with E-state index in [9.17, 15) is 9.59 Å². The molecular formula is C25H33N9O2. The molecule has 4 fully saturated rings. The maximum atomic E-state index is 12.5. The van der Waals surface area contributed by atoms with Crippen LogP contribution in [0, 0.1) is 5.41 Å². The first kappa shape index (κ1) is 22.8. The van der Waals surface area contributed by atoms with Gasteiger partial charge in [0.2, 0.25) is 0 Å². The number of hydrogen-bond acceptors (Lipinski definition) is 8. The van der Waals surface area contributed by atoms with Gasteiger partial charge in [0.25, 0.3) is 5.91 Å². The van der Waals surface area contributed by atoms with Crippen molar-refractivity contribution < 1.29 is 9.59 Å². The van der Waals surface area contributed by atoms with Gasteiger partial charge in [-0.05, 0) is 37.1 Å². The van der Waals surface area contributed by atoms with Crippen LogP contribution in [0.1, 0.15) is 23.3 Å². The van der Waals surface area contributed by atoms with Crippen molar-refractivity contribution in [1.82, 2.24) is 25.1 Å². The number of carbonyl (C=O) groups is 2. The minimum Gasteiger partial charge on any atom is -0.370 e. The van der Waals surface area contributed by atoms with Crippen molar-refractivity contribution in [2.24, 2.45) is 11.1 Å². The number of benzene rings is 1. The Bertz CT molecular complexity index is 1160. The van der Waals surface area contributed by atoms with Gasteiger partial charge >= 0.3 is 6.03 Å². The number of nitrogens with two attached hydrogens (primary N) is 1. The Labute approximate surface area is 210 Å². The van der Waals surface area contributed by atoms with Crippen molar-refractivity contribution in [2.45, 2.75) is 18.9 Å². The first-order chi connectivity index (χ1) is 17.4. The summed E-state index contributed by atoms with van der Waals surface area (Å²) < 4.78 is 0. The van der Waals surface area contributed by atoms with E-state index in [1.165, 1.54) is 5.69 Å². The van der Waals surface area contributed by atoms with Crippen LogP contribution < -0.4 is 26.2 Å². The highest BCUT2D eigenvalue weighted by atomic mass is 16.2. The molecule has 4 aliphatic rings. The van der Waals surface area contributed by atoms with Gasteiger partial charge in [0.05, 0.1) is 12.2 Å². The van der Waals surface area contributed by atoms with Crippen molar-refractivity contribution in [3.05, 3.63) is 36.2 Å². The van der Waals surface area contributed by atoms with E-state index in [4.69, 9.17) is 10.7 Å². The Hall–Kier alpha value is -3.60. The standard InChI is InChI=1S/C25H33N9O2/c1-31-9-10-34(24(31)36)19-3-2-8-32(12-19)20-11-28-21(22(26)35)23(30-20)29-17-4-6-18(7-5-17)33-15-25(16-33)13-27-14-25/h4-7,11,19,27H,2-3,8-10,12-16H2,1H3,(H2,26,35)(H,29,30). The monoisotopic (exact) mass is 491 g/mol. The van der Waals surface area contributed by atoms with Crippen LogP contribution in [0.4, 0.5) is 27.8 Å². The smallest absolute Gasteiger partial charge is 0.320 e. The van der Waals surface area contributed by atoms with E-state index < -0.39 is 5.91 Å². The number of aromatic nitrogens is 2. The Morgan fingerprint density at radius 3 is 2.56 bits per heavy atom. The number of anilines is 4. The molecule has 4 saturated heterocycles. The predicted molar refractivity (Wildman–Crippen MR) is 138 cm³/mol. The SMILES string of the molecule is CN1CCN(C2CCCN(c3cnc(C(N)=O)c(Nc4ccc(N5CC6(CNC6)C5)cc4)n3)C2)C1=O. The summed E-state index contributed by atoms with van der Waals surface area (Å²) in [5.74, 6) is 0.384. The summed E-state index contributed by atoms with van der Waals surface area (Å²) in [6, 6.07) is 8.37. The second kappa shape index (κ2) is 8.81. The molecule has 1 unspecified atom stereocenters. The fourth-order valence-electron chi connectivity index (χ4n) is 5.76. The molecule has 3 amide bonds. The molecule has 1 aromatic carbocycles. The van der Waals surface area contributed by atoms with Gasteiger partial charge in [0, 0.05) is 76.2 Å². The molecule has 0 radical (unpaired) electrons. The average molecular weight is 492 g/mol. The molecule has 190 valence electrons. The van der Waals surface area contributed by atoms with Gasteiger partial charge in [-0.3, -0.25) is 4.79 Å². The van der Waals surface area contributed by atoms with Gasteiger partial charge in [-0.2, -0.15) is 0 Å². The number of amides is 3. The largest absolute Gasteiger partial charge is 0.370 e. The number of piperidine rings is 1. The topological polar surface area (TPSA) is 123 Å². The maximum absolute atomic E-state index is 12.5. The van der Waals surface area contributed by atoms with E-state index in [0.29, 0.717) is 23.6 Å². The summed E-state index contributed by atoms with van der Waals surface area (Å²) in [7, 11) is 1.84. The summed E-state index contributed by atoms with van der Waals surface area (Å²) in [4.78, 5) is 41.9. The number of nitrogens with one attached hydrogen (secondary N) is 2. The molecule has 11 heteroatoms. The number of nitrogens with zero attached hydrogens (tertiary/aromatic N) is 6. The van der Waals surface area contributed by atoms with Crippen LogP contribution in [0.25, 0.3) is 0 Å². The zero-order chi connectivity index (χ0) is 24.9. The lowest BCUT2D eigenvalue weighted by Crippen LogP contribution is -2.71. The number of hydrogen-bond donors (Lipinski definition) is 3. The fourth-order valence-corrected chi connectivity index (χ4v) is 5.76. The highest BCUT2D eigenvalue weighted by molar-refractivity contribution is 5.96. The second-order valence-corrected chi connectivity index (χ2v) is 10.6. The lowest BCUT2D eigenvalue weighted by atomic mass is 9.74. The van der Waals surface area contributed by atoms with Crippen molar-refractivity contribution in [1.29, 1.82) is 0 Å². The molecule has 4 N–H and O–H groups in total. The molecule has 6 rings (SSSR count). The van der Waals surface area contributed by atoms with Crippen LogP contribution in [-0.4, -0.2) is 97.2 Å². The average Bonchev–Trinajstić information content (AvgIpc) is 3.16. The van der Waals surface area contributed by atoms with E-state index in [1.54, 1.807) is 11.1 Å². The molecular weight excluding hydrogens is 458 g/mol. The number of primary amides is 1. The van der Waals surface area contributed by atoms with Crippen molar-refractivity contribution in [3.8, 4) is 0 Å². The normalized spacial score (nSPS) is 23.0. The Morgan fingerprint density at radius 1 is 1.14 bits per heavy atom. The molecule has 0 saturated carbocycles. The number of urea groups is 1. The lowest BCUT2D eigenvalue weighted by molar-refractivity contribution is 0.0996. The number of rotatable bonds is 6. The van der Waals surface area contributed by atoms with Crippen molar-refractivity contribution >= 4 is 34.9 Å². The first-order valence-electron chi connectivity index (χ1n) is 12.7. The van der Waals surface area contributed by atoms with Crippen molar-refractivity contribution in [3.63, 3.8) is 0 Å². The quantitative estimate of drug-likeness (QED) is 0.548. The molecule has 5 heterocycles. The van der Waals surface area contributed by atoms with E-state index in [1.807, 2.05) is 24.1 Å². The van der Waals surface area contributed by atoms with Crippen LogP contribution >= 0.6 is 0 Å². The lowest BCUT2D eigenvalue weighted by Gasteiger charge is -2.57. The number of likely N-dealkylation sites (N-methyl/N-ethyl adjacent to an activating group) is 1. The first-order valence-corrected chi connectivity index (χ1v) is 12.7. The van der Waals surface area contributed by atoms with E-state index in [-0.39, 0.29) is 17.8 Å². The van der Waals surface area contributed by atoms with E-state index in [0.717, 1.165) is 64.3 Å². The molecule has 1 atom stereocenters. The number of carbonyl (C=O) groups excluding carboxylic acids is 2. The summed E-state index contributed by atoms with van der Waals surface area (Å²) in [5, 5.41) is 6.62. The Balaban J connectivity index is 1.17. The van der Waals surface area contributed by atoms with E-state index in [2.05, 4.69) is 37.6 Å². The van der Waals surface area contributed by atoms with Crippen LogP contribution in [0.2, 0.25) is 0 Å². The third-order valence-electron chi connectivity index (χ3n) is 7.95. The third kappa shape index (κ3) is 4.06. The zero-order valence-electron chi connectivity index (χ0n) is 20.6. The summed E-state index contributed by atoms with van der Waals surface area (Å²) in [6.45, 7) is 7.40. The summed E-state index contributed by atoms with van der Waals surface area (Å²) in [5.41, 5.74) is 8.19. The van der Waals surface area contributed by atoms with Gasteiger partial charge < -0.3 is 36.0 Å². The van der Waals surface area contributed by atoms with Crippen LogP contribution in [0.15, 0.2) is 30.5 Å². The molecule has 0 aliphatic carbocycles. The second-order valence-electron chi connectivity index (χ2n) is 10.6. The van der Waals surface area contributed by atoms with Gasteiger partial charge in [0.1, 0.15) is 5.82 Å². The third-order valence-corrected chi connectivity index (χ3v) is 7.95. The molecule has 36 heavy (non-hydrogen) atoms. The highest BCUT2D eigenvalue weighted by Gasteiger charge is 2.47. The fraction of sp³-hybridized carbons (Fsp3) is 0.520. The van der Waals surface area contributed by atoms with Gasteiger partial charge in [-0.15, -0.1) is 0 Å². The molecule has 11 nitrogen and oxygen atoms in total. The Morgan fingerprint density at radius 2 is 1.92 bits per heavy atom. The van der Waals surface area contributed by atoms with Crippen LogP contribution in [-0.2, 0) is 0 Å². The predicted octanol–water partition coefficient (Wildman–Crippen LogP) is 1.06. The molecule has 1 aromatic heterocycles. The summed E-state index contributed by atoms with van der Waals surface area (Å²) in [6.07, 6.45) is 3.52. The molecule has 2 aromatic rings. The minimum absolute atomic E-state index is 0.0839. The molecule has 4 aliphatic heterocycles. The van der Waals surface area contributed by atoms with Crippen LogP contribution in [0.3, 0.4) is 0 Å². The van der Waals surface area contributed by atoms with E-state index >= 15 is 0 Å². The van der Waals surface area contributed by atoms with Crippen molar-refractivity contribution in [2.75, 3.05) is 74.5 Å². The molecule has 0 bridgehead atoms. The van der Waals surface area contributed by atoms with Gasteiger partial charge in [-0.1, -0.05) is 0 Å². The molecule has 1 spiro atoms. The van der Waals surface area contributed by atoms with Gasteiger partial charge in [-0.25, -0.2) is 14.8 Å².